The molecule has 5 nitrogen and oxygen atoms in total. The van der Waals surface area contributed by atoms with E-state index in [4.69, 9.17) is 0 Å². The van der Waals surface area contributed by atoms with Crippen molar-refractivity contribution in [2.45, 2.75) is 19.8 Å². The molecule has 1 amide bonds. The van der Waals surface area contributed by atoms with E-state index in [1.807, 2.05) is 6.92 Å². The van der Waals surface area contributed by atoms with Crippen molar-refractivity contribution in [2.24, 2.45) is 0 Å². The van der Waals surface area contributed by atoms with Crippen LogP contribution in [0.15, 0.2) is 28.7 Å². The van der Waals surface area contributed by atoms with Gasteiger partial charge in [0.25, 0.3) is 0 Å². The van der Waals surface area contributed by atoms with Gasteiger partial charge in [-0.05, 0) is 34.5 Å². The Balaban J connectivity index is 2.88. The SMILES string of the molecule is CCCCNC(=O)CN(c1ccccc1Br)S(C)(=O)=O. The standard InChI is InChI=1S/C13H19BrN2O3S/c1-3-4-9-15-13(17)10-16(20(2,18)19)12-8-6-5-7-11(12)14/h5-8H,3-4,9-10H2,1-2H3,(H,15,17). The zero-order valence-corrected chi connectivity index (χ0v) is 14.0. The first-order chi connectivity index (χ1) is 9.36. The van der Waals surface area contributed by atoms with Gasteiger partial charge in [-0.25, -0.2) is 8.42 Å². The molecule has 0 heterocycles. The zero-order valence-electron chi connectivity index (χ0n) is 11.6. The Kier molecular flexibility index (Phi) is 6.48. The molecule has 1 aromatic carbocycles. The number of rotatable bonds is 7. The highest BCUT2D eigenvalue weighted by molar-refractivity contribution is 9.10. The molecule has 0 radical (unpaired) electrons. The van der Waals surface area contributed by atoms with Gasteiger partial charge in [0.2, 0.25) is 15.9 Å². The van der Waals surface area contributed by atoms with Crippen LogP contribution in [0.25, 0.3) is 0 Å². The molecule has 1 rings (SSSR count). The number of hydrogen-bond acceptors (Lipinski definition) is 3. The van der Waals surface area contributed by atoms with Crippen molar-refractivity contribution in [1.29, 1.82) is 0 Å². The van der Waals surface area contributed by atoms with Crippen LogP contribution >= 0.6 is 15.9 Å². The maximum Gasteiger partial charge on any atom is 0.240 e. The summed E-state index contributed by atoms with van der Waals surface area (Å²) in [4.78, 5) is 11.8. The fourth-order valence-electron chi connectivity index (χ4n) is 1.63. The number of benzene rings is 1. The van der Waals surface area contributed by atoms with Gasteiger partial charge in [0.05, 0.1) is 11.9 Å². The summed E-state index contributed by atoms with van der Waals surface area (Å²) < 4.78 is 25.5. The highest BCUT2D eigenvalue weighted by Crippen LogP contribution is 2.27. The topological polar surface area (TPSA) is 66.5 Å². The van der Waals surface area contributed by atoms with Gasteiger partial charge in [-0.2, -0.15) is 0 Å². The number of para-hydroxylation sites is 1. The van der Waals surface area contributed by atoms with Crippen LogP contribution in [0.4, 0.5) is 5.69 Å². The molecular weight excluding hydrogens is 344 g/mol. The number of sulfonamides is 1. The van der Waals surface area contributed by atoms with Gasteiger partial charge in [0.1, 0.15) is 6.54 Å². The van der Waals surface area contributed by atoms with Gasteiger partial charge >= 0.3 is 0 Å². The molecule has 0 saturated heterocycles. The van der Waals surface area contributed by atoms with E-state index in [1.165, 1.54) is 0 Å². The lowest BCUT2D eigenvalue weighted by Gasteiger charge is -2.22. The zero-order chi connectivity index (χ0) is 15.2. The normalized spacial score (nSPS) is 11.2. The van der Waals surface area contributed by atoms with Crippen LogP contribution in [0.2, 0.25) is 0 Å². The number of amides is 1. The number of nitrogens with one attached hydrogen (secondary N) is 1. The van der Waals surface area contributed by atoms with Gasteiger partial charge < -0.3 is 5.32 Å². The summed E-state index contributed by atoms with van der Waals surface area (Å²) >= 11 is 3.31. The maximum absolute atomic E-state index is 11.9. The Labute approximate surface area is 128 Å². The van der Waals surface area contributed by atoms with Crippen molar-refractivity contribution < 1.29 is 13.2 Å². The summed E-state index contributed by atoms with van der Waals surface area (Å²) in [6.45, 7) is 2.37. The molecule has 0 bridgehead atoms. The van der Waals surface area contributed by atoms with Crippen LogP contribution in [0.3, 0.4) is 0 Å². The van der Waals surface area contributed by atoms with Crippen molar-refractivity contribution in [3.8, 4) is 0 Å². The fourth-order valence-corrected chi connectivity index (χ4v) is 3.11. The number of anilines is 1. The molecule has 0 spiro atoms. The molecule has 1 aromatic rings. The Morgan fingerprint density at radius 1 is 1.35 bits per heavy atom. The maximum atomic E-state index is 11.9. The Bertz CT molecular complexity index is 560. The molecule has 20 heavy (non-hydrogen) atoms. The van der Waals surface area contributed by atoms with Gasteiger partial charge in [-0.1, -0.05) is 25.5 Å². The molecular formula is C13H19BrN2O3S. The van der Waals surface area contributed by atoms with Crippen LogP contribution in [-0.4, -0.2) is 33.7 Å². The Morgan fingerprint density at radius 2 is 2.00 bits per heavy atom. The molecule has 0 aliphatic carbocycles. The van der Waals surface area contributed by atoms with Gasteiger partial charge in [-0.3, -0.25) is 9.10 Å². The van der Waals surface area contributed by atoms with E-state index < -0.39 is 10.0 Å². The van der Waals surface area contributed by atoms with Crippen molar-refractivity contribution >= 4 is 37.5 Å². The average molecular weight is 363 g/mol. The molecule has 0 saturated carbocycles. The molecule has 7 heteroatoms. The molecule has 0 aromatic heterocycles. The van der Waals surface area contributed by atoms with Gasteiger partial charge in [0, 0.05) is 11.0 Å². The van der Waals surface area contributed by atoms with Crippen molar-refractivity contribution in [3.63, 3.8) is 0 Å². The smallest absolute Gasteiger partial charge is 0.240 e. The summed E-state index contributed by atoms with van der Waals surface area (Å²) in [6.07, 6.45) is 2.94. The van der Waals surface area contributed by atoms with E-state index in [-0.39, 0.29) is 12.5 Å². The molecule has 0 aliphatic heterocycles. The first-order valence-corrected chi connectivity index (χ1v) is 8.99. The lowest BCUT2D eigenvalue weighted by Crippen LogP contribution is -2.40. The van der Waals surface area contributed by atoms with Crippen LogP contribution < -0.4 is 9.62 Å². The third-order valence-electron chi connectivity index (χ3n) is 2.66. The predicted molar refractivity (Wildman–Crippen MR) is 84.2 cm³/mol. The van der Waals surface area contributed by atoms with Crippen molar-refractivity contribution in [1.82, 2.24) is 5.32 Å². The molecule has 0 unspecified atom stereocenters. The summed E-state index contributed by atoms with van der Waals surface area (Å²) in [5, 5.41) is 2.72. The second-order valence-electron chi connectivity index (χ2n) is 4.42. The fraction of sp³-hybridized carbons (Fsp3) is 0.462. The largest absolute Gasteiger partial charge is 0.355 e. The quantitative estimate of drug-likeness (QED) is 0.755. The number of unbranched alkanes of at least 4 members (excludes halogenated alkanes) is 1. The predicted octanol–water partition coefficient (Wildman–Crippen LogP) is 2.13. The summed E-state index contributed by atoms with van der Waals surface area (Å²) in [6, 6.07) is 6.91. The molecule has 0 aliphatic rings. The minimum atomic E-state index is -3.52. The summed E-state index contributed by atoms with van der Waals surface area (Å²) in [5.74, 6) is -0.306. The lowest BCUT2D eigenvalue weighted by atomic mass is 10.3. The highest BCUT2D eigenvalue weighted by Gasteiger charge is 2.22. The number of carbonyl (C=O) groups excluding carboxylic acids is 1. The molecule has 112 valence electrons. The minimum Gasteiger partial charge on any atom is -0.355 e. The number of halogens is 1. The number of nitrogens with zero attached hydrogens (tertiary/aromatic N) is 1. The molecule has 1 N–H and O–H groups in total. The van der Waals surface area contributed by atoms with E-state index in [0.717, 1.165) is 23.4 Å². The molecule has 0 fully saturated rings. The number of hydrogen-bond donors (Lipinski definition) is 1. The average Bonchev–Trinajstić information content (AvgIpc) is 2.36. The molecule has 0 atom stereocenters. The van der Waals surface area contributed by atoms with Crippen LogP contribution in [0, 0.1) is 0 Å². The van der Waals surface area contributed by atoms with Crippen LogP contribution in [0.1, 0.15) is 19.8 Å². The van der Waals surface area contributed by atoms with E-state index in [1.54, 1.807) is 24.3 Å². The number of carbonyl (C=O) groups is 1. The summed E-state index contributed by atoms with van der Waals surface area (Å²) in [7, 11) is -3.52. The van der Waals surface area contributed by atoms with Crippen molar-refractivity contribution in [2.75, 3.05) is 23.7 Å². The monoisotopic (exact) mass is 362 g/mol. The van der Waals surface area contributed by atoms with Gasteiger partial charge in [0.15, 0.2) is 0 Å². The first kappa shape index (κ1) is 17.0. The second-order valence-corrected chi connectivity index (χ2v) is 7.19. The van der Waals surface area contributed by atoms with Crippen molar-refractivity contribution in [3.05, 3.63) is 28.7 Å². The van der Waals surface area contributed by atoms with E-state index in [9.17, 15) is 13.2 Å². The first-order valence-electron chi connectivity index (χ1n) is 6.35. The lowest BCUT2D eigenvalue weighted by molar-refractivity contribution is -0.119. The highest BCUT2D eigenvalue weighted by atomic mass is 79.9. The summed E-state index contributed by atoms with van der Waals surface area (Å²) in [5.41, 5.74) is 0.459. The third kappa shape index (κ3) is 5.13. The van der Waals surface area contributed by atoms with E-state index >= 15 is 0 Å². The van der Waals surface area contributed by atoms with Crippen LogP contribution in [0.5, 0.6) is 0 Å². The van der Waals surface area contributed by atoms with Gasteiger partial charge in [-0.15, -0.1) is 0 Å². The second kappa shape index (κ2) is 7.64. The Hall–Kier alpha value is -1.08. The Morgan fingerprint density at radius 3 is 2.55 bits per heavy atom. The minimum absolute atomic E-state index is 0.217. The van der Waals surface area contributed by atoms with Crippen LogP contribution in [-0.2, 0) is 14.8 Å². The third-order valence-corrected chi connectivity index (χ3v) is 4.46. The van der Waals surface area contributed by atoms with E-state index in [0.29, 0.717) is 16.7 Å². The van der Waals surface area contributed by atoms with E-state index in [2.05, 4.69) is 21.2 Å².